The molecule has 33 heavy (non-hydrogen) atoms. The van der Waals surface area contributed by atoms with Crippen LogP contribution in [0.1, 0.15) is 28.9 Å². The molecule has 1 aromatic heterocycles. The monoisotopic (exact) mass is 459 g/mol. The van der Waals surface area contributed by atoms with Gasteiger partial charge in [0, 0.05) is 35.7 Å². The van der Waals surface area contributed by atoms with Crippen LogP contribution in [-0.2, 0) is 24.1 Å². The second-order valence-electron chi connectivity index (χ2n) is 8.11. The second-order valence-corrected chi connectivity index (χ2v) is 8.90. The number of hydrogen-bond donors (Lipinski definition) is 3. The molecule has 1 unspecified atom stereocenters. The third-order valence-corrected chi connectivity index (χ3v) is 6.56. The third-order valence-electron chi connectivity index (χ3n) is 5.84. The van der Waals surface area contributed by atoms with Gasteiger partial charge >= 0.3 is 0 Å². The van der Waals surface area contributed by atoms with Crippen molar-refractivity contribution < 1.29 is 13.2 Å². The second kappa shape index (κ2) is 8.73. The number of fused-ring (bicyclic) bond motifs is 2. The van der Waals surface area contributed by atoms with Gasteiger partial charge in [-0.3, -0.25) is 13.9 Å². The van der Waals surface area contributed by atoms with Gasteiger partial charge in [-0.25, -0.2) is 0 Å². The van der Waals surface area contributed by atoms with Crippen molar-refractivity contribution in [3.05, 3.63) is 89.2 Å². The average molecular weight is 460 g/mol. The van der Waals surface area contributed by atoms with E-state index < -0.39 is 11.3 Å². The van der Waals surface area contributed by atoms with Crippen LogP contribution in [0, 0.1) is 5.41 Å². The van der Waals surface area contributed by atoms with Crippen LogP contribution in [0.15, 0.2) is 71.1 Å². The van der Waals surface area contributed by atoms with E-state index in [-0.39, 0.29) is 5.84 Å². The van der Waals surface area contributed by atoms with E-state index in [1.165, 1.54) is 4.31 Å². The van der Waals surface area contributed by atoms with Crippen molar-refractivity contribution in [3.8, 4) is 0 Å². The zero-order valence-corrected chi connectivity index (χ0v) is 18.7. The van der Waals surface area contributed by atoms with Crippen LogP contribution >= 0.6 is 0 Å². The molecule has 168 valence electrons. The zero-order chi connectivity index (χ0) is 22.9. The topological polar surface area (TPSA) is 118 Å². The molecular formula is C25H23N4O3S-. The normalized spacial score (nSPS) is 13.8. The number of nitrogens with one attached hydrogen (secondary N) is 2. The van der Waals surface area contributed by atoms with Crippen LogP contribution in [0.3, 0.4) is 0 Å². The first-order valence-corrected chi connectivity index (χ1v) is 11.7. The maximum atomic E-state index is 12.2. The van der Waals surface area contributed by atoms with Crippen molar-refractivity contribution in [2.24, 2.45) is 5.73 Å². The van der Waals surface area contributed by atoms with Crippen molar-refractivity contribution in [3.63, 3.8) is 0 Å². The molecule has 8 heteroatoms. The van der Waals surface area contributed by atoms with Gasteiger partial charge in [0.1, 0.15) is 17.2 Å². The van der Waals surface area contributed by atoms with Crippen molar-refractivity contribution in [1.29, 1.82) is 5.41 Å². The molecule has 0 radical (unpaired) electrons. The van der Waals surface area contributed by atoms with E-state index in [4.69, 9.17) is 15.6 Å². The summed E-state index contributed by atoms with van der Waals surface area (Å²) in [5, 5.41) is 11.8. The first kappa shape index (κ1) is 21.2. The first-order valence-electron chi connectivity index (χ1n) is 10.7. The highest BCUT2D eigenvalue weighted by Gasteiger charge is 2.16. The number of furan rings is 1. The lowest BCUT2D eigenvalue weighted by molar-refractivity contribution is 0.537. The predicted molar refractivity (Wildman–Crippen MR) is 131 cm³/mol. The van der Waals surface area contributed by atoms with Gasteiger partial charge in [0.15, 0.2) is 0 Å². The molecule has 5 rings (SSSR count). The van der Waals surface area contributed by atoms with Crippen molar-refractivity contribution in [1.82, 2.24) is 0 Å². The van der Waals surface area contributed by atoms with E-state index in [0.717, 1.165) is 47.3 Å². The Bertz CT molecular complexity index is 1360. The number of benzene rings is 3. The highest BCUT2D eigenvalue weighted by molar-refractivity contribution is 7.81. The quantitative estimate of drug-likeness (QED) is 0.221. The van der Waals surface area contributed by atoms with Crippen LogP contribution in [0.4, 0.5) is 17.1 Å². The number of aryl methyl sites for hydroxylation is 1. The third kappa shape index (κ3) is 4.35. The molecule has 0 saturated heterocycles. The molecule has 0 amide bonds. The summed E-state index contributed by atoms with van der Waals surface area (Å²) in [5.74, 6) is 0.806. The molecule has 1 aliphatic heterocycles. The van der Waals surface area contributed by atoms with E-state index in [1.807, 2.05) is 54.6 Å². The zero-order valence-electron chi connectivity index (χ0n) is 17.8. The number of anilines is 3. The first-order chi connectivity index (χ1) is 16.0. The van der Waals surface area contributed by atoms with E-state index in [2.05, 4.69) is 5.32 Å². The van der Waals surface area contributed by atoms with E-state index in [0.29, 0.717) is 28.9 Å². The van der Waals surface area contributed by atoms with Crippen molar-refractivity contribution in [2.45, 2.75) is 19.3 Å². The van der Waals surface area contributed by atoms with Gasteiger partial charge in [-0.15, -0.1) is 0 Å². The number of rotatable bonds is 6. The molecule has 7 nitrogen and oxygen atoms in total. The van der Waals surface area contributed by atoms with E-state index in [1.54, 1.807) is 12.1 Å². The summed E-state index contributed by atoms with van der Waals surface area (Å²) in [4.78, 5) is 0. The molecule has 0 aliphatic carbocycles. The molecule has 2 heterocycles. The fourth-order valence-electron chi connectivity index (χ4n) is 4.20. The van der Waals surface area contributed by atoms with Crippen LogP contribution in [0.25, 0.3) is 11.0 Å². The summed E-state index contributed by atoms with van der Waals surface area (Å²) in [7, 11) is 0. The van der Waals surface area contributed by atoms with Gasteiger partial charge < -0.3 is 20.0 Å². The highest BCUT2D eigenvalue weighted by Crippen LogP contribution is 2.34. The van der Waals surface area contributed by atoms with Gasteiger partial charge in [0.25, 0.3) is 0 Å². The Morgan fingerprint density at radius 2 is 1.85 bits per heavy atom. The molecule has 0 saturated carbocycles. The van der Waals surface area contributed by atoms with Crippen LogP contribution in [0.5, 0.6) is 0 Å². The molecule has 1 atom stereocenters. The number of hydrogen-bond acceptors (Lipinski definition) is 5. The Morgan fingerprint density at radius 1 is 1.09 bits per heavy atom. The lowest BCUT2D eigenvalue weighted by atomic mass is 10.0. The lowest BCUT2D eigenvalue weighted by Gasteiger charge is -2.28. The molecule has 0 spiro atoms. The summed E-state index contributed by atoms with van der Waals surface area (Å²) in [6.45, 7) is 0.932. The Balaban J connectivity index is 1.44. The van der Waals surface area contributed by atoms with Crippen LogP contribution < -0.4 is 15.4 Å². The molecule has 3 aromatic carbocycles. The average Bonchev–Trinajstić information content (AvgIpc) is 3.21. The molecule has 0 fully saturated rings. The molecule has 4 aromatic rings. The van der Waals surface area contributed by atoms with Gasteiger partial charge in [-0.05, 0) is 60.4 Å². The maximum absolute atomic E-state index is 12.2. The minimum absolute atomic E-state index is 0.0355. The number of nitrogens with two attached hydrogens (primary N) is 1. The highest BCUT2D eigenvalue weighted by atomic mass is 32.2. The number of nitrogens with zero attached hydrogens (tertiary/aromatic N) is 1. The van der Waals surface area contributed by atoms with Gasteiger partial charge in [0.05, 0.1) is 22.6 Å². The maximum Gasteiger partial charge on any atom is 0.136 e. The van der Waals surface area contributed by atoms with Crippen LogP contribution in [0.2, 0.25) is 0 Å². The summed E-state index contributed by atoms with van der Waals surface area (Å²) in [5.41, 5.74) is 11.1. The Kier molecular flexibility index (Phi) is 5.62. The van der Waals surface area contributed by atoms with E-state index in [9.17, 15) is 8.76 Å². The van der Waals surface area contributed by atoms with Gasteiger partial charge in [-0.1, -0.05) is 24.3 Å². The van der Waals surface area contributed by atoms with Gasteiger partial charge in [0.2, 0.25) is 0 Å². The number of nitrogen functional groups attached to an aromatic ring is 1. The van der Waals surface area contributed by atoms with E-state index >= 15 is 0 Å². The Labute approximate surface area is 194 Å². The minimum atomic E-state index is -2.49. The lowest BCUT2D eigenvalue weighted by Crippen LogP contribution is -2.20. The smallest absolute Gasteiger partial charge is 0.136 e. The summed E-state index contributed by atoms with van der Waals surface area (Å²) in [6, 6.07) is 20.5. The van der Waals surface area contributed by atoms with Crippen molar-refractivity contribution in [2.75, 3.05) is 16.2 Å². The Hall–Kier alpha value is -3.62. The Morgan fingerprint density at radius 3 is 2.61 bits per heavy atom. The SMILES string of the molecule is N=C(N)c1ccc(Cc2cc3ccc(N(c4ccc5c(c4)CCCN5)S(=O)[O-])cc3o2)cc1. The summed E-state index contributed by atoms with van der Waals surface area (Å²) < 4.78 is 31.7. The molecule has 0 bridgehead atoms. The van der Waals surface area contributed by atoms with Crippen LogP contribution in [-0.4, -0.2) is 21.1 Å². The van der Waals surface area contributed by atoms with Crippen molar-refractivity contribution >= 4 is 45.1 Å². The summed E-state index contributed by atoms with van der Waals surface area (Å²) >= 11 is -2.49. The number of amidine groups is 1. The largest absolute Gasteiger partial charge is 0.755 e. The predicted octanol–water partition coefficient (Wildman–Crippen LogP) is 4.60. The summed E-state index contributed by atoms with van der Waals surface area (Å²) in [6.07, 6.45) is 2.52. The fourth-order valence-corrected chi connectivity index (χ4v) is 4.77. The van der Waals surface area contributed by atoms with Gasteiger partial charge in [-0.2, -0.15) is 0 Å². The molecule has 1 aliphatic rings. The standard InChI is InChI=1S/C25H24N4O3S/c26-25(27)17-5-3-16(4-6-17)12-22-14-19-7-8-21(15-24(19)32-22)29(33(30)31)20-9-10-23-18(13-20)2-1-11-28-23/h3-10,13-15,28H,1-2,11-12H2,(H3,26,27)(H,30,31)/p-1. The molecular weight excluding hydrogens is 436 g/mol. The fraction of sp³-hybridized carbons (Fsp3) is 0.160. The minimum Gasteiger partial charge on any atom is -0.755 e. The molecule has 4 N–H and O–H groups in total.